The average Bonchev–Trinajstić information content (AvgIpc) is 2.47. The predicted molar refractivity (Wildman–Crippen MR) is 51.9 cm³/mol. The molecule has 1 aromatic rings. The third-order valence-electron chi connectivity index (χ3n) is 1.86. The Morgan fingerprint density at radius 1 is 1.57 bits per heavy atom. The van der Waals surface area contributed by atoms with Crippen molar-refractivity contribution in [2.45, 2.75) is 25.6 Å². The SMILES string of the molecule is CC(C)S(=O)(=O)NCc1nncn1C. The lowest BCUT2D eigenvalue weighted by molar-refractivity contribution is 0.568. The minimum absolute atomic E-state index is 0.178. The van der Waals surface area contributed by atoms with Crippen LogP contribution in [-0.2, 0) is 23.6 Å². The van der Waals surface area contributed by atoms with E-state index in [2.05, 4.69) is 14.9 Å². The van der Waals surface area contributed by atoms with E-state index in [0.29, 0.717) is 5.82 Å². The number of hydrogen-bond acceptors (Lipinski definition) is 4. The molecule has 0 unspecified atom stereocenters. The highest BCUT2D eigenvalue weighted by molar-refractivity contribution is 7.90. The van der Waals surface area contributed by atoms with Crippen LogP contribution >= 0.6 is 0 Å². The van der Waals surface area contributed by atoms with Crippen LogP contribution < -0.4 is 4.72 Å². The van der Waals surface area contributed by atoms with E-state index < -0.39 is 15.3 Å². The van der Waals surface area contributed by atoms with Crippen LogP contribution in [-0.4, -0.2) is 28.4 Å². The first-order chi connectivity index (χ1) is 6.43. The van der Waals surface area contributed by atoms with E-state index in [0.717, 1.165) is 0 Å². The number of hydrogen-bond donors (Lipinski definition) is 1. The van der Waals surface area contributed by atoms with E-state index in [9.17, 15) is 8.42 Å². The third kappa shape index (κ3) is 2.52. The van der Waals surface area contributed by atoms with E-state index in [1.807, 2.05) is 0 Å². The second-order valence-electron chi connectivity index (χ2n) is 3.27. The van der Waals surface area contributed by atoms with Crippen LogP contribution in [0.1, 0.15) is 19.7 Å². The highest BCUT2D eigenvalue weighted by Crippen LogP contribution is 1.98. The van der Waals surface area contributed by atoms with Crippen molar-refractivity contribution in [3.05, 3.63) is 12.2 Å². The Hall–Kier alpha value is -0.950. The monoisotopic (exact) mass is 218 g/mol. The summed E-state index contributed by atoms with van der Waals surface area (Å²) in [7, 11) is -1.46. The van der Waals surface area contributed by atoms with E-state index >= 15 is 0 Å². The van der Waals surface area contributed by atoms with Crippen LogP contribution in [0, 0.1) is 0 Å². The van der Waals surface area contributed by atoms with Gasteiger partial charge >= 0.3 is 0 Å². The summed E-state index contributed by atoms with van der Waals surface area (Å²) in [4.78, 5) is 0. The molecule has 80 valence electrons. The second kappa shape index (κ2) is 4.05. The molecule has 0 atom stereocenters. The molecular weight excluding hydrogens is 204 g/mol. The molecule has 1 rings (SSSR count). The van der Waals surface area contributed by atoms with E-state index in [4.69, 9.17) is 0 Å². The first-order valence-corrected chi connectivity index (χ1v) is 5.79. The molecule has 1 N–H and O–H groups in total. The van der Waals surface area contributed by atoms with Crippen molar-refractivity contribution in [2.24, 2.45) is 7.05 Å². The van der Waals surface area contributed by atoms with E-state index in [1.54, 1.807) is 25.5 Å². The molecule has 0 saturated heterocycles. The number of sulfonamides is 1. The first kappa shape index (κ1) is 11.1. The third-order valence-corrected chi connectivity index (χ3v) is 3.65. The number of aryl methyl sites for hydroxylation is 1. The van der Waals surface area contributed by atoms with Crippen molar-refractivity contribution in [3.8, 4) is 0 Å². The summed E-state index contributed by atoms with van der Waals surface area (Å²) in [6.07, 6.45) is 1.53. The van der Waals surface area contributed by atoms with Gasteiger partial charge in [0.1, 0.15) is 12.2 Å². The van der Waals surface area contributed by atoms with Crippen LogP contribution in [0.4, 0.5) is 0 Å². The maximum Gasteiger partial charge on any atom is 0.214 e. The summed E-state index contributed by atoms with van der Waals surface area (Å²) in [6.45, 7) is 3.43. The fraction of sp³-hybridized carbons (Fsp3) is 0.714. The van der Waals surface area contributed by atoms with Gasteiger partial charge in [0.15, 0.2) is 0 Å². The molecule has 7 heteroatoms. The molecule has 0 aliphatic rings. The molecule has 0 radical (unpaired) electrons. The Morgan fingerprint density at radius 3 is 2.64 bits per heavy atom. The molecule has 1 aromatic heterocycles. The lowest BCUT2D eigenvalue weighted by Crippen LogP contribution is -2.31. The second-order valence-corrected chi connectivity index (χ2v) is 5.59. The topological polar surface area (TPSA) is 76.9 Å². The molecule has 0 aromatic carbocycles. The van der Waals surface area contributed by atoms with Crippen molar-refractivity contribution >= 4 is 10.0 Å². The molecule has 0 spiro atoms. The molecule has 0 aliphatic carbocycles. The van der Waals surface area contributed by atoms with Gasteiger partial charge in [0, 0.05) is 7.05 Å². The molecule has 0 bridgehead atoms. The maximum absolute atomic E-state index is 11.4. The zero-order chi connectivity index (χ0) is 10.8. The number of nitrogens with one attached hydrogen (secondary N) is 1. The van der Waals surface area contributed by atoms with Crippen molar-refractivity contribution in [1.82, 2.24) is 19.5 Å². The first-order valence-electron chi connectivity index (χ1n) is 4.25. The fourth-order valence-corrected chi connectivity index (χ4v) is 1.46. The van der Waals surface area contributed by atoms with E-state index in [1.165, 1.54) is 6.33 Å². The smallest absolute Gasteiger partial charge is 0.214 e. The summed E-state index contributed by atoms with van der Waals surface area (Å²) in [5.74, 6) is 0.592. The van der Waals surface area contributed by atoms with Gasteiger partial charge in [-0.3, -0.25) is 0 Å². The standard InChI is InChI=1S/C7H14N4O2S/c1-6(2)14(12,13)9-4-7-10-8-5-11(7)3/h5-6,9H,4H2,1-3H3. The molecule has 0 amide bonds. The number of nitrogens with zero attached hydrogens (tertiary/aromatic N) is 3. The van der Waals surface area contributed by atoms with E-state index in [-0.39, 0.29) is 6.54 Å². The van der Waals surface area contributed by atoms with Crippen LogP contribution in [0.25, 0.3) is 0 Å². The summed E-state index contributed by atoms with van der Waals surface area (Å²) in [5, 5.41) is 6.98. The molecule has 6 nitrogen and oxygen atoms in total. The molecule has 0 saturated carbocycles. The molecular formula is C7H14N4O2S. The predicted octanol–water partition coefficient (Wildman–Crippen LogP) is -0.357. The average molecular weight is 218 g/mol. The van der Waals surface area contributed by atoms with Crippen LogP contribution in [0.3, 0.4) is 0 Å². The minimum Gasteiger partial charge on any atom is -0.320 e. The summed E-state index contributed by atoms with van der Waals surface area (Å²) < 4.78 is 26.9. The Morgan fingerprint density at radius 2 is 2.21 bits per heavy atom. The molecule has 14 heavy (non-hydrogen) atoms. The Kier molecular flexibility index (Phi) is 3.22. The van der Waals surface area contributed by atoms with Gasteiger partial charge in [-0.05, 0) is 13.8 Å². The fourth-order valence-electron chi connectivity index (χ4n) is 0.799. The zero-order valence-electron chi connectivity index (χ0n) is 8.43. The van der Waals surface area contributed by atoms with Gasteiger partial charge < -0.3 is 4.57 Å². The molecule has 0 aliphatic heterocycles. The number of aromatic nitrogens is 3. The Balaban J connectivity index is 2.62. The molecule has 1 heterocycles. The van der Waals surface area contributed by atoms with Crippen LogP contribution in [0.15, 0.2) is 6.33 Å². The van der Waals surface area contributed by atoms with Crippen molar-refractivity contribution in [2.75, 3.05) is 0 Å². The maximum atomic E-state index is 11.4. The minimum atomic E-state index is -3.22. The van der Waals surface area contributed by atoms with Gasteiger partial charge in [0.05, 0.1) is 11.8 Å². The lowest BCUT2D eigenvalue weighted by atomic mass is 10.6. The Bertz CT molecular complexity index is 396. The normalized spacial score (nSPS) is 12.3. The van der Waals surface area contributed by atoms with Gasteiger partial charge in [-0.15, -0.1) is 10.2 Å². The summed E-state index contributed by atoms with van der Waals surface area (Å²) in [6, 6.07) is 0. The molecule has 0 fully saturated rings. The quantitative estimate of drug-likeness (QED) is 0.749. The number of rotatable bonds is 4. The zero-order valence-corrected chi connectivity index (χ0v) is 9.24. The van der Waals surface area contributed by atoms with Crippen molar-refractivity contribution in [3.63, 3.8) is 0 Å². The van der Waals surface area contributed by atoms with Gasteiger partial charge in [-0.1, -0.05) is 0 Å². The van der Waals surface area contributed by atoms with Gasteiger partial charge in [0.2, 0.25) is 10.0 Å². The highest BCUT2D eigenvalue weighted by atomic mass is 32.2. The highest BCUT2D eigenvalue weighted by Gasteiger charge is 2.15. The Labute approximate surface area is 83.4 Å². The van der Waals surface area contributed by atoms with Crippen LogP contribution in [0.5, 0.6) is 0 Å². The summed E-state index contributed by atoms with van der Waals surface area (Å²) in [5.41, 5.74) is 0. The van der Waals surface area contributed by atoms with Gasteiger partial charge in [-0.2, -0.15) is 0 Å². The summed E-state index contributed by atoms with van der Waals surface area (Å²) >= 11 is 0. The van der Waals surface area contributed by atoms with Crippen molar-refractivity contribution in [1.29, 1.82) is 0 Å². The van der Waals surface area contributed by atoms with Gasteiger partial charge in [0.25, 0.3) is 0 Å². The van der Waals surface area contributed by atoms with Gasteiger partial charge in [-0.25, -0.2) is 13.1 Å². The van der Waals surface area contributed by atoms with Crippen LogP contribution in [0.2, 0.25) is 0 Å². The lowest BCUT2D eigenvalue weighted by Gasteiger charge is -2.08. The van der Waals surface area contributed by atoms with Crippen molar-refractivity contribution < 1.29 is 8.42 Å². The largest absolute Gasteiger partial charge is 0.320 e.